The molecular weight excluding hydrogens is 410 g/mol. The Balaban J connectivity index is 1.60. The SMILES string of the molecule is CC1=C(C(=O)OCC2CCCO2)C(c2coc3ccccc3c2=O)C2C(=O)CCC=C2N1. The largest absolute Gasteiger partial charge is 0.464 e. The number of allylic oxidation sites excluding steroid dienone is 3. The van der Waals surface area contributed by atoms with E-state index in [1.54, 1.807) is 31.2 Å². The maximum Gasteiger partial charge on any atom is 0.336 e. The number of hydrogen-bond acceptors (Lipinski definition) is 7. The first kappa shape index (κ1) is 20.7. The molecule has 3 atom stereocenters. The van der Waals surface area contributed by atoms with Gasteiger partial charge in [0.05, 0.1) is 29.2 Å². The van der Waals surface area contributed by atoms with Gasteiger partial charge in [-0.3, -0.25) is 9.59 Å². The summed E-state index contributed by atoms with van der Waals surface area (Å²) >= 11 is 0. The average molecular weight is 435 g/mol. The third kappa shape index (κ3) is 3.56. The van der Waals surface area contributed by atoms with Gasteiger partial charge < -0.3 is 19.2 Å². The summed E-state index contributed by atoms with van der Waals surface area (Å²) < 4.78 is 16.9. The van der Waals surface area contributed by atoms with Gasteiger partial charge in [0.25, 0.3) is 0 Å². The predicted octanol–water partition coefficient (Wildman–Crippen LogP) is 3.34. The summed E-state index contributed by atoms with van der Waals surface area (Å²) in [6, 6.07) is 6.97. The first-order chi connectivity index (χ1) is 15.5. The number of para-hydroxylation sites is 1. The smallest absolute Gasteiger partial charge is 0.336 e. The van der Waals surface area contributed by atoms with Crippen molar-refractivity contribution < 1.29 is 23.5 Å². The molecule has 7 nitrogen and oxygen atoms in total. The maximum atomic E-state index is 13.4. The molecule has 0 spiro atoms. The van der Waals surface area contributed by atoms with Crippen LogP contribution in [0.3, 0.4) is 0 Å². The van der Waals surface area contributed by atoms with Crippen molar-refractivity contribution in [1.29, 1.82) is 0 Å². The zero-order valence-electron chi connectivity index (χ0n) is 17.9. The van der Waals surface area contributed by atoms with Crippen LogP contribution in [0.5, 0.6) is 0 Å². The number of esters is 1. The second-order valence-electron chi connectivity index (χ2n) is 8.53. The Kier molecular flexibility index (Phi) is 5.43. The van der Waals surface area contributed by atoms with Gasteiger partial charge >= 0.3 is 5.97 Å². The molecule has 32 heavy (non-hydrogen) atoms. The molecule has 1 fully saturated rings. The van der Waals surface area contributed by atoms with Crippen molar-refractivity contribution in [1.82, 2.24) is 5.32 Å². The van der Waals surface area contributed by atoms with E-state index in [2.05, 4.69) is 5.32 Å². The number of hydrogen-bond donors (Lipinski definition) is 1. The Hall–Kier alpha value is -3.19. The lowest BCUT2D eigenvalue weighted by molar-refractivity contribution is -0.143. The molecule has 0 bridgehead atoms. The number of benzene rings is 1. The summed E-state index contributed by atoms with van der Waals surface area (Å²) in [6.45, 7) is 2.58. The van der Waals surface area contributed by atoms with E-state index in [0.29, 0.717) is 47.3 Å². The minimum absolute atomic E-state index is 0.00974. The van der Waals surface area contributed by atoms with Crippen molar-refractivity contribution in [2.45, 2.75) is 44.6 Å². The number of rotatable bonds is 4. The van der Waals surface area contributed by atoms with Crippen LogP contribution in [0.15, 0.2) is 62.8 Å². The zero-order valence-corrected chi connectivity index (χ0v) is 17.9. The Morgan fingerprint density at radius 3 is 2.88 bits per heavy atom. The lowest BCUT2D eigenvalue weighted by Crippen LogP contribution is -2.42. The standard InChI is InChI=1S/C25H25NO6/c1-14-21(25(29)32-12-15-6-5-11-30-15)22(23-18(26-14)8-4-9-19(23)27)17-13-31-20-10-3-2-7-16(20)24(17)28/h2-3,7-8,10,13,15,22-23,26H,4-6,9,11-12H2,1H3. The van der Waals surface area contributed by atoms with Crippen molar-refractivity contribution in [2.75, 3.05) is 13.2 Å². The molecule has 1 aromatic heterocycles. The van der Waals surface area contributed by atoms with Crippen LogP contribution in [0.25, 0.3) is 11.0 Å². The maximum absolute atomic E-state index is 13.4. The molecule has 166 valence electrons. The number of ketones is 1. The van der Waals surface area contributed by atoms with Crippen LogP contribution in [0.4, 0.5) is 0 Å². The summed E-state index contributed by atoms with van der Waals surface area (Å²) in [4.78, 5) is 39.7. The first-order valence-corrected chi connectivity index (χ1v) is 11.0. The van der Waals surface area contributed by atoms with Gasteiger partial charge in [-0.1, -0.05) is 18.2 Å². The van der Waals surface area contributed by atoms with E-state index in [1.807, 2.05) is 6.08 Å². The molecule has 7 heteroatoms. The molecule has 1 N–H and O–H groups in total. The topological polar surface area (TPSA) is 94.8 Å². The fourth-order valence-electron chi connectivity index (χ4n) is 4.95. The third-order valence-electron chi connectivity index (χ3n) is 6.50. The van der Waals surface area contributed by atoms with Gasteiger partial charge in [0, 0.05) is 35.9 Å². The summed E-state index contributed by atoms with van der Waals surface area (Å²) in [5.41, 5.74) is 2.12. The van der Waals surface area contributed by atoms with E-state index >= 15 is 0 Å². The molecule has 2 aromatic rings. The van der Waals surface area contributed by atoms with Gasteiger partial charge in [-0.25, -0.2) is 4.79 Å². The van der Waals surface area contributed by atoms with Crippen LogP contribution >= 0.6 is 0 Å². The molecule has 0 radical (unpaired) electrons. The van der Waals surface area contributed by atoms with Gasteiger partial charge in [0.1, 0.15) is 18.0 Å². The van der Waals surface area contributed by atoms with E-state index < -0.39 is 17.8 Å². The minimum atomic E-state index is -0.770. The fourth-order valence-corrected chi connectivity index (χ4v) is 4.95. The van der Waals surface area contributed by atoms with Gasteiger partial charge in [-0.2, -0.15) is 0 Å². The molecule has 5 rings (SSSR count). The van der Waals surface area contributed by atoms with Gasteiger partial charge in [-0.05, 0) is 38.3 Å². The van der Waals surface area contributed by atoms with E-state index in [1.165, 1.54) is 6.26 Å². The molecule has 1 saturated heterocycles. The van der Waals surface area contributed by atoms with Crippen molar-refractivity contribution in [3.8, 4) is 0 Å². The predicted molar refractivity (Wildman–Crippen MR) is 117 cm³/mol. The Morgan fingerprint density at radius 1 is 1.22 bits per heavy atom. The molecule has 3 heterocycles. The molecule has 2 aliphatic heterocycles. The lowest BCUT2D eigenvalue weighted by atomic mass is 9.71. The molecule has 1 aliphatic carbocycles. The number of fused-ring (bicyclic) bond motifs is 2. The van der Waals surface area contributed by atoms with E-state index in [4.69, 9.17) is 13.9 Å². The number of ether oxygens (including phenoxy) is 2. The number of Topliss-reactive ketones (excluding diaryl/α,β-unsaturated/α-hetero) is 1. The highest BCUT2D eigenvalue weighted by molar-refractivity contribution is 5.96. The molecule has 0 amide bonds. The highest BCUT2D eigenvalue weighted by atomic mass is 16.6. The minimum Gasteiger partial charge on any atom is -0.464 e. The molecular formula is C25H25NO6. The quantitative estimate of drug-likeness (QED) is 0.736. The van der Waals surface area contributed by atoms with Crippen LogP contribution < -0.4 is 10.7 Å². The second-order valence-corrected chi connectivity index (χ2v) is 8.53. The Morgan fingerprint density at radius 2 is 2.06 bits per heavy atom. The molecule has 3 aliphatic rings. The highest BCUT2D eigenvalue weighted by Crippen LogP contribution is 2.43. The van der Waals surface area contributed by atoms with Crippen LogP contribution in [-0.4, -0.2) is 31.1 Å². The van der Waals surface area contributed by atoms with E-state index in [-0.39, 0.29) is 23.9 Å². The molecule has 3 unspecified atom stereocenters. The summed E-state index contributed by atoms with van der Waals surface area (Å²) in [5, 5.41) is 3.64. The van der Waals surface area contributed by atoms with Crippen LogP contribution in [0, 0.1) is 5.92 Å². The van der Waals surface area contributed by atoms with E-state index in [9.17, 15) is 14.4 Å². The first-order valence-electron chi connectivity index (χ1n) is 11.0. The number of nitrogens with one attached hydrogen (secondary N) is 1. The normalized spacial score (nSPS) is 25.3. The average Bonchev–Trinajstić information content (AvgIpc) is 3.31. The Bertz CT molecular complexity index is 1200. The molecule has 1 aromatic carbocycles. The number of carbonyl (C=O) groups is 2. The second kappa shape index (κ2) is 8.39. The Labute approximate surface area is 185 Å². The van der Waals surface area contributed by atoms with Crippen molar-refractivity contribution >= 4 is 22.7 Å². The van der Waals surface area contributed by atoms with Crippen LogP contribution in [0.1, 0.15) is 44.1 Å². The van der Waals surface area contributed by atoms with Crippen LogP contribution in [-0.2, 0) is 19.1 Å². The summed E-state index contributed by atoms with van der Waals surface area (Å²) in [6.07, 6.45) is 6.02. The van der Waals surface area contributed by atoms with Gasteiger partial charge in [-0.15, -0.1) is 0 Å². The zero-order chi connectivity index (χ0) is 22.2. The van der Waals surface area contributed by atoms with E-state index in [0.717, 1.165) is 18.5 Å². The van der Waals surface area contributed by atoms with Gasteiger partial charge in [0.15, 0.2) is 5.43 Å². The lowest BCUT2D eigenvalue weighted by Gasteiger charge is -2.37. The monoisotopic (exact) mass is 435 g/mol. The van der Waals surface area contributed by atoms with Crippen molar-refractivity contribution in [3.63, 3.8) is 0 Å². The van der Waals surface area contributed by atoms with Gasteiger partial charge in [0.2, 0.25) is 0 Å². The van der Waals surface area contributed by atoms with Crippen molar-refractivity contribution in [3.05, 3.63) is 69.4 Å². The summed E-state index contributed by atoms with van der Waals surface area (Å²) in [5.74, 6) is -1.97. The summed E-state index contributed by atoms with van der Waals surface area (Å²) in [7, 11) is 0. The number of carbonyl (C=O) groups excluding carboxylic acids is 2. The molecule has 0 saturated carbocycles. The third-order valence-corrected chi connectivity index (χ3v) is 6.50. The fraction of sp³-hybridized carbons (Fsp3) is 0.400. The van der Waals surface area contributed by atoms with Crippen molar-refractivity contribution in [2.24, 2.45) is 5.92 Å². The highest BCUT2D eigenvalue weighted by Gasteiger charge is 2.45. The van der Waals surface area contributed by atoms with Crippen LogP contribution in [0.2, 0.25) is 0 Å².